The van der Waals surface area contributed by atoms with Crippen LogP contribution >= 0.6 is 0 Å². The first kappa shape index (κ1) is 13.0. The highest BCUT2D eigenvalue weighted by Crippen LogP contribution is 2.29. The Kier molecular flexibility index (Phi) is 3.96. The Hall–Kier alpha value is -1.43. The quantitative estimate of drug-likeness (QED) is 0.824. The van der Waals surface area contributed by atoms with Crippen LogP contribution in [0.25, 0.3) is 0 Å². The lowest BCUT2D eigenvalue weighted by atomic mass is 10.0. The zero-order valence-electron chi connectivity index (χ0n) is 11.0. The van der Waals surface area contributed by atoms with Gasteiger partial charge in [-0.15, -0.1) is 5.10 Å². The van der Waals surface area contributed by atoms with E-state index >= 15 is 0 Å². The number of aromatic amines is 1. The second kappa shape index (κ2) is 5.48. The smallest absolute Gasteiger partial charge is 0.293 e. The third-order valence-electron chi connectivity index (χ3n) is 3.71. The molecule has 0 bridgehead atoms. The molecule has 0 saturated heterocycles. The molecular formula is C12H21N5O. The number of carbonyl (C=O) groups excluding carboxylic acids is 1. The molecule has 0 aliphatic heterocycles. The molecule has 1 fully saturated rings. The van der Waals surface area contributed by atoms with Crippen molar-refractivity contribution in [2.75, 3.05) is 13.1 Å². The van der Waals surface area contributed by atoms with Gasteiger partial charge in [0, 0.05) is 12.6 Å². The maximum atomic E-state index is 12.4. The van der Waals surface area contributed by atoms with Crippen molar-refractivity contribution in [1.82, 2.24) is 20.1 Å². The van der Waals surface area contributed by atoms with E-state index in [4.69, 9.17) is 5.73 Å². The number of aromatic nitrogens is 3. The van der Waals surface area contributed by atoms with Gasteiger partial charge in [0.25, 0.3) is 5.91 Å². The number of hydrogen-bond acceptors (Lipinski definition) is 4. The molecule has 18 heavy (non-hydrogen) atoms. The summed E-state index contributed by atoms with van der Waals surface area (Å²) < 4.78 is 0. The molecule has 1 aromatic heterocycles. The van der Waals surface area contributed by atoms with Gasteiger partial charge in [0.15, 0.2) is 0 Å². The number of H-pyrrole nitrogens is 1. The van der Waals surface area contributed by atoms with E-state index in [0.29, 0.717) is 24.8 Å². The molecule has 2 rings (SSSR count). The van der Waals surface area contributed by atoms with Crippen molar-refractivity contribution >= 4 is 5.91 Å². The van der Waals surface area contributed by atoms with E-state index in [9.17, 15) is 4.79 Å². The van der Waals surface area contributed by atoms with Gasteiger partial charge in [-0.2, -0.15) is 0 Å². The van der Waals surface area contributed by atoms with Crippen LogP contribution in [0.1, 0.15) is 42.6 Å². The summed E-state index contributed by atoms with van der Waals surface area (Å²) in [6.45, 7) is 5.09. The van der Waals surface area contributed by atoms with Crippen molar-refractivity contribution in [3.05, 3.63) is 11.6 Å². The van der Waals surface area contributed by atoms with Crippen molar-refractivity contribution in [2.45, 2.75) is 39.2 Å². The minimum absolute atomic E-state index is 0.0906. The van der Waals surface area contributed by atoms with Crippen LogP contribution in [0.15, 0.2) is 0 Å². The highest BCUT2D eigenvalue weighted by molar-refractivity contribution is 5.90. The molecule has 0 radical (unpaired) electrons. The minimum Gasteiger partial charge on any atom is -0.333 e. The monoisotopic (exact) mass is 251 g/mol. The topological polar surface area (TPSA) is 87.9 Å². The number of aryl methyl sites for hydroxylation is 1. The molecular weight excluding hydrogens is 230 g/mol. The van der Waals surface area contributed by atoms with Gasteiger partial charge in [-0.1, -0.05) is 6.42 Å². The van der Waals surface area contributed by atoms with Crippen molar-refractivity contribution in [2.24, 2.45) is 11.7 Å². The number of nitrogens with two attached hydrogens (primary N) is 1. The van der Waals surface area contributed by atoms with Gasteiger partial charge >= 0.3 is 0 Å². The van der Waals surface area contributed by atoms with E-state index in [-0.39, 0.29) is 17.8 Å². The molecule has 3 N–H and O–H groups in total. The van der Waals surface area contributed by atoms with Crippen molar-refractivity contribution in [3.8, 4) is 0 Å². The Morgan fingerprint density at radius 1 is 1.56 bits per heavy atom. The molecule has 1 aromatic rings. The molecule has 1 amide bonds. The predicted molar refractivity (Wildman–Crippen MR) is 68.0 cm³/mol. The molecule has 100 valence electrons. The van der Waals surface area contributed by atoms with Crippen LogP contribution in [-0.2, 0) is 0 Å². The van der Waals surface area contributed by atoms with Crippen LogP contribution in [-0.4, -0.2) is 45.1 Å². The normalized spacial score (nSPS) is 23.3. The van der Waals surface area contributed by atoms with Gasteiger partial charge < -0.3 is 10.6 Å². The van der Waals surface area contributed by atoms with E-state index < -0.39 is 0 Å². The molecule has 0 spiro atoms. The lowest BCUT2D eigenvalue weighted by molar-refractivity contribution is 0.0640. The van der Waals surface area contributed by atoms with Crippen LogP contribution < -0.4 is 5.73 Å². The number of amides is 1. The van der Waals surface area contributed by atoms with Gasteiger partial charge in [0.05, 0.1) is 0 Å². The summed E-state index contributed by atoms with van der Waals surface area (Å²) in [5.74, 6) is 1.24. The zero-order valence-corrected chi connectivity index (χ0v) is 11.0. The Morgan fingerprint density at radius 3 is 2.89 bits per heavy atom. The zero-order chi connectivity index (χ0) is 13.1. The molecule has 2 atom stereocenters. The molecule has 2 unspecified atom stereocenters. The summed E-state index contributed by atoms with van der Waals surface area (Å²) in [5.41, 5.74) is 5.78. The fourth-order valence-electron chi connectivity index (χ4n) is 2.80. The maximum Gasteiger partial charge on any atom is 0.293 e. The standard InChI is InChI=1S/C12H21N5O/c1-3-17(10-6-4-5-9(10)7-13)12(18)11-14-8(2)15-16-11/h9-10H,3-7,13H2,1-2H3,(H,14,15,16). The van der Waals surface area contributed by atoms with E-state index in [1.54, 1.807) is 6.92 Å². The average molecular weight is 251 g/mol. The van der Waals surface area contributed by atoms with Crippen LogP contribution in [0.3, 0.4) is 0 Å². The minimum atomic E-state index is -0.0906. The number of nitrogens with zero attached hydrogens (tertiary/aromatic N) is 3. The van der Waals surface area contributed by atoms with Crippen LogP contribution in [0.2, 0.25) is 0 Å². The van der Waals surface area contributed by atoms with E-state index in [2.05, 4.69) is 15.2 Å². The third-order valence-corrected chi connectivity index (χ3v) is 3.71. The highest BCUT2D eigenvalue weighted by atomic mass is 16.2. The fourth-order valence-corrected chi connectivity index (χ4v) is 2.80. The van der Waals surface area contributed by atoms with E-state index in [1.807, 2.05) is 11.8 Å². The highest BCUT2D eigenvalue weighted by Gasteiger charge is 2.34. The van der Waals surface area contributed by atoms with Gasteiger partial charge in [0.2, 0.25) is 5.82 Å². The SMILES string of the molecule is CCN(C(=O)c1n[nH]c(C)n1)C1CCCC1CN. The van der Waals surface area contributed by atoms with Crippen LogP contribution in [0.4, 0.5) is 0 Å². The van der Waals surface area contributed by atoms with Gasteiger partial charge in [-0.05, 0) is 39.2 Å². The number of hydrogen-bond donors (Lipinski definition) is 2. The summed E-state index contributed by atoms with van der Waals surface area (Å²) in [6, 6.07) is 0.242. The lowest BCUT2D eigenvalue weighted by Crippen LogP contribution is -2.44. The number of nitrogens with one attached hydrogen (secondary N) is 1. The number of carbonyl (C=O) groups is 1. The van der Waals surface area contributed by atoms with Crippen molar-refractivity contribution in [1.29, 1.82) is 0 Å². The van der Waals surface area contributed by atoms with Crippen LogP contribution in [0, 0.1) is 12.8 Å². The van der Waals surface area contributed by atoms with Gasteiger partial charge in [0.1, 0.15) is 5.82 Å². The molecule has 1 aliphatic carbocycles. The maximum absolute atomic E-state index is 12.4. The first-order valence-corrected chi connectivity index (χ1v) is 6.57. The molecule has 1 aliphatic rings. The molecule has 0 aromatic carbocycles. The second-order valence-corrected chi connectivity index (χ2v) is 4.83. The molecule has 1 heterocycles. The first-order valence-electron chi connectivity index (χ1n) is 6.57. The Labute approximate surface area is 107 Å². The first-order chi connectivity index (χ1) is 8.67. The van der Waals surface area contributed by atoms with Crippen molar-refractivity contribution < 1.29 is 4.79 Å². The number of rotatable bonds is 4. The lowest BCUT2D eigenvalue weighted by Gasteiger charge is -2.30. The Morgan fingerprint density at radius 2 is 2.33 bits per heavy atom. The second-order valence-electron chi connectivity index (χ2n) is 4.83. The fraction of sp³-hybridized carbons (Fsp3) is 0.750. The third kappa shape index (κ3) is 2.38. The molecule has 6 nitrogen and oxygen atoms in total. The molecule has 6 heteroatoms. The molecule has 1 saturated carbocycles. The predicted octanol–water partition coefficient (Wildman–Crippen LogP) is 0.703. The summed E-state index contributed by atoms with van der Waals surface area (Å²) in [4.78, 5) is 18.4. The van der Waals surface area contributed by atoms with Gasteiger partial charge in [-0.25, -0.2) is 4.98 Å². The van der Waals surface area contributed by atoms with E-state index in [1.165, 1.54) is 0 Å². The summed E-state index contributed by atoms with van der Waals surface area (Å²) in [5, 5.41) is 6.66. The summed E-state index contributed by atoms with van der Waals surface area (Å²) >= 11 is 0. The summed E-state index contributed by atoms with van der Waals surface area (Å²) in [6.07, 6.45) is 3.28. The van der Waals surface area contributed by atoms with E-state index in [0.717, 1.165) is 19.3 Å². The van der Waals surface area contributed by atoms with Gasteiger partial charge in [-0.3, -0.25) is 9.89 Å². The average Bonchev–Trinajstić information content (AvgIpc) is 2.98. The Balaban J connectivity index is 2.15. The van der Waals surface area contributed by atoms with Crippen LogP contribution in [0.5, 0.6) is 0 Å². The Bertz CT molecular complexity index is 416. The largest absolute Gasteiger partial charge is 0.333 e. The summed E-state index contributed by atoms with van der Waals surface area (Å²) in [7, 11) is 0. The van der Waals surface area contributed by atoms with Crippen molar-refractivity contribution in [3.63, 3.8) is 0 Å².